The smallest absolute Gasteiger partial charge is 0.274 e. The normalized spacial score (nSPS) is 14.4. The average molecular weight is 400 g/mol. The van der Waals surface area contributed by atoms with Gasteiger partial charge in [-0.3, -0.25) is 14.6 Å². The topological polar surface area (TPSA) is 66.4 Å². The number of hydrogen-bond donors (Lipinski definition) is 0. The van der Waals surface area contributed by atoms with E-state index >= 15 is 0 Å². The lowest BCUT2D eigenvalue weighted by atomic mass is 9.90. The monoisotopic (exact) mass is 400 g/mol. The van der Waals surface area contributed by atoms with Crippen molar-refractivity contribution in [1.29, 1.82) is 0 Å². The third-order valence-electron chi connectivity index (χ3n) is 5.39. The van der Waals surface area contributed by atoms with E-state index in [1.165, 1.54) is 12.4 Å². The molecule has 4 rings (SSSR count). The zero-order chi connectivity index (χ0) is 20.8. The number of aromatic nitrogens is 2. The van der Waals surface area contributed by atoms with E-state index in [9.17, 15) is 9.59 Å². The average Bonchev–Trinajstić information content (AvgIpc) is 3.07. The Morgan fingerprint density at radius 1 is 0.767 bits per heavy atom. The molecular formula is C24H24N4O2. The molecule has 2 amide bonds. The van der Waals surface area contributed by atoms with Gasteiger partial charge in [0, 0.05) is 38.6 Å². The molecular weight excluding hydrogens is 376 g/mol. The molecule has 0 spiro atoms. The summed E-state index contributed by atoms with van der Waals surface area (Å²) in [5, 5.41) is 0. The van der Waals surface area contributed by atoms with Crippen LogP contribution >= 0.6 is 0 Å². The zero-order valence-corrected chi connectivity index (χ0v) is 16.7. The van der Waals surface area contributed by atoms with Crippen molar-refractivity contribution in [1.82, 2.24) is 19.8 Å². The van der Waals surface area contributed by atoms with E-state index in [0.717, 1.165) is 17.5 Å². The lowest BCUT2D eigenvalue weighted by molar-refractivity contribution is -0.131. The highest BCUT2D eigenvalue weighted by atomic mass is 16.2. The van der Waals surface area contributed by atoms with Crippen molar-refractivity contribution in [2.24, 2.45) is 0 Å². The molecule has 1 aliphatic heterocycles. The number of rotatable bonds is 4. The molecule has 1 aromatic heterocycles. The first kappa shape index (κ1) is 19.8. The zero-order valence-electron chi connectivity index (χ0n) is 16.7. The van der Waals surface area contributed by atoms with E-state index in [1.54, 1.807) is 11.1 Å². The summed E-state index contributed by atoms with van der Waals surface area (Å²) in [6.07, 6.45) is 5.28. The number of carbonyl (C=O) groups is 2. The molecule has 1 fully saturated rings. The highest BCUT2D eigenvalue weighted by Gasteiger charge is 2.30. The highest BCUT2D eigenvalue weighted by molar-refractivity contribution is 5.92. The first-order valence-electron chi connectivity index (χ1n) is 10.2. The van der Waals surface area contributed by atoms with Gasteiger partial charge >= 0.3 is 0 Å². The fourth-order valence-corrected chi connectivity index (χ4v) is 3.86. The molecule has 2 heterocycles. The number of benzene rings is 2. The van der Waals surface area contributed by atoms with Crippen LogP contribution in [-0.4, -0.2) is 57.8 Å². The van der Waals surface area contributed by atoms with Crippen molar-refractivity contribution in [3.05, 3.63) is 96.1 Å². The lowest BCUT2D eigenvalue weighted by Gasteiger charge is -2.27. The molecule has 0 N–H and O–H groups in total. The van der Waals surface area contributed by atoms with Gasteiger partial charge in [0.15, 0.2) is 0 Å². The van der Waals surface area contributed by atoms with Crippen LogP contribution in [0, 0.1) is 0 Å². The Hall–Kier alpha value is -3.54. The van der Waals surface area contributed by atoms with Crippen molar-refractivity contribution in [3.63, 3.8) is 0 Å². The highest BCUT2D eigenvalue weighted by Crippen LogP contribution is 2.27. The van der Waals surface area contributed by atoms with Crippen LogP contribution in [0.2, 0.25) is 0 Å². The van der Waals surface area contributed by atoms with Crippen LogP contribution in [0.15, 0.2) is 79.3 Å². The van der Waals surface area contributed by atoms with Crippen molar-refractivity contribution < 1.29 is 9.59 Å². The Morgan fingerprint density at radius 3 is 1.97 bits per heavy atom. The van der Waals surface area contributed by atoms with E-state index in [4.69, 9.17) is 0 Å². The quantitative estimate of drug-likeness (QED) is 0.675. The van der Waals surface area contributed by atoms with Crippen LogP contribution in [0.1, 0.15) is 34.0 Å². The van der Waals surface area contributed by atoms with Crippen molar-refractivity contribution in [2.75, 3.05) is 26.2 Å². The number of carbonyl (C=O) groups excluding carboxylic acids is 2. The summed E-state index contributed by atoms with van der Waals surface area (Å²) in [6, 6.07) is 19.7. The van der Waals surface area contributed by atoms with Gasteiger partial charge in [-0.25, -0.2) is 4.98 Å². The van der Waals surface area contributed by atoms with E-state index in [-0.39, 0.29) is 17.7 Å². The first-order valence-corrected chi connectivity index (χ1v) is 10.2. The van der Waals surface area contributed by atoms with Gasteiger partial charge in [-0.2, -0.15) is 0 Å². The molecule has 152 valence electrons. The van der Waals surface area contributed by atoms with Gasteiger partial charge in [0.1, 0.15) is 5.69 Å². The van der Waals surface area contributed by atoms with E-state index < -0.39 is 0 Å². The summed E-state index contributed by atoms with van der Waals surface area (Å²) in [4.78, 5) is 38.1. The van der Waals surface area contributed by atoms with E-state index in [1.807, 2.05) is 65.6 Å². The molecule has 0 aliphatic carbocycles. The van der Waals surface area contributed by atoms with Gasteiger partial charge in [0.25, 0.3) is 5.91 Å². The molecule has 6 heteroatoms. The number of hydrogen-bond acceptors (Lipinski definition) is 4. The minimum absolute atomic E-state index is 0.0706. The predicted octanol–water partition coefficient (Wildman–Crippen LogP) is 2.98. The van der Waals surface area contributed by atoms with E-state index in [0.29, 0.717) is 31.9 Å². The molecule has 0 bridgehead atoms. The van der Waals surface area contributed by atoms with Gasteiger partial charge in [0.05, 0.1) is 12.1 Å². The molecule has 0 unspecified atom stereocenters. The SMILES string of the molecule is O=C(c1cnccn1)N1CCCN(C(=O)C(c2ccccc2)c2ccccc2)CC1. The fourth-order valence-electron chi connectivity index (χ4n) is 3.86. The van der Waals surface area contributed by atoms with Crippen LogP contribution in [0.25, 0.3) is 0 Å². The summed E-state index contributed by atoms with van der Waals surface area (Å²) in [6.45, 7) is 2.21. The number of amides is 2. The summed E-state index contributed by atoms with van der Waals surface area (Å²) >= 11 is 0. The third kappa shape index (κ3) is 4.38. The second kappa shape index (κ2) is 9.31. The lowest BCUT2D eigenvalue weighted by Crippen LogP contribution is -2.39. The Kier molecular flexibility index (Phi) is 6.13. The second-order valence-corrected chi connectivity index (χ2v) is 7.32. The molecule has 0 saturated carbocycles. The van der Waals surface area contributed by atoms with Gasteiger partial charge in [-0.1, -0.05) is 60.7 Å². The van der Waals surface area contributed by atoms with Crippen molar-refractivity contribution in [3.8, 4) is 0 Å². The second-order valence-electron chi connectivity index (χ2n) is 7.32. The molecule has 6 nitrogen and oxygen atoms in total. The standard InChI is InChI=1S/C24H24N4O2/c29-23(21-18-25-12-13-26-21)27-14-7-15-28(17-16-27)24(30)22(19-8-3-1-4-9-19)20-10-5-2-6-11-20/h1-6,8-13,18,22H,7,14-17H2. The summed E-state index contributed by atoms with van der Waals surface area (Å²) < 4.78 is 0. The Labute approximate surface area is 176 Å². The summed E-state index contributed by atoms with van der Waals surface area (Å²) in [5.41, 5.74) is 2.29. The first-order chi connectivity index (χ1) is 14.7. The third-order valence-corrected chi connectivity index (χ3v) is 5.39. The van der Waals surface area contributed by atoms with E-state index in [2.05, 4.69) is 9.97 Å². The molecule has 0 radical (unpaired) electrons. The van der Waals surface area contributed by atoms with Crippen LogP contribution in [0.5, 0.6) is 0 Å². The fraction of sp³-hybridized carbons (Fsp3) is 0.250. The largest absolute Gasteiger partial charge is 0.340 e. The summed E-state index contributed by atoms with van der Waals surface area (Å²) in [5.74, 6) is -0.420. The predicted molar refractivity (Wildman–Crippen MR) is 114 cm³/mol. The van der Waals surface area contributed by atoms with Crippen LogP contribution in [0.4, 0.5) is 0 Å². The molecule has 1 saturated heterocycles. The maximum atomic E-state index is 13.6. The Balaban J connectivity index is 1.52. The molecule has 0 atom stereocenters. The van der Waals surface area contributed by atoms with Crippen LogP contribution in [0.3, 0.4) is 0 Å². The van der Waals surface area contributed by atoms with Gasteiger partial charge in [-0.05, 0) is 17.5 Å². The molecule has 1 aliphatic rings. The molecule has 3 aromatic rings. The van der Waals surface area contributed by atoms with Gasteiger partial charge < -0.3 is 9.80 Å². The maximum absolute atomic E-state index is 13.6. The Morgan fingerprint density at radius 2 is 1.37 bits per heavy atom. The molecule has 30 heavy (non-hydrogen) atoms. The van der Waals surface area contributed by atoms with Gasteiger partial charge in [0.2, 0.25) is 5.91 Å². The van der Waals surface area contributed by atoms with Crippen molar-refractivity contribution in [2.45, 2.75) is 12.3 Å². The maximum Gasteiger partial charge on any atom is 0.274 e. The van der Waals surface area contributed by atoms with Crippen molar-refractivity contribution >= 4 is 11.8 Å². The van der Waals surface area contributed by atoms with Crippen LogP contribution in [-0.2, 0) is 4.79 Å². The van der Waals surface area contributed by atoms with Gasteiger partial charge in [-0.15, -0.1) is 0 Å². The summed E-state index contributed by atoms with van der Waals surface area (Å²) in [7, 11) is 0. The minimum atomic E-state index is -0.352. The number of nitrogens with zero attached hydrogens (tertiary/aromatic N) is 4. The molecule has 2 aromatic carbocycles. The Bertz CT molecular complexity index is 940. The van der Waals surface area contributed by atoms with Crippen LogP contribution < -0.4 is 0 Å². The minimum Gasteiger partial charge on any atom is -0.340 e.